The van der Waals surface area contributed by atoms with Crippen LogP contribution >= 0.6 is 0 Å². The average molecular weight is 480 g/mol. The van der Waals surface area contributed by atoms with E-state index in [1.165, 1.54) is 6.08 Å². The Morgan fingerprint density at radius 1 is 0.971 bits per heavy atom. The van der Waals surface area contributed by atoms with E-state index in [-0.39, 0.29) is 25.7 Å². The average Bonchev–Trinajstić information content (AvgIpc) is 3.15. The molecule has 0 aromatic heterocycles. The largest absolute Gasteiger partial charge is 0.508 e. The highest BCUT2D eigenvalue weighted by molar-refractivity contribution is 5.79. The van der Waals surface area contributed by atoms with Crippen LogP contribution < -0.4 is 5.32 Å². The summed E-state index contributed by atoms with van der Waals surface area (Å²) in [5.41, 5.74) is 4.00. The molecule has 0 spiro atoms. The predicted molar refractivity (Wildman–Crippen MR) is 134 cm³/mol. The van der Waals surface area contributed by atoms with Gasteiger partial charge in [-0.05, 0) is 43.0 Å². The van der Waals surface area contributed by atoms with Crippen molar-refractivity contribution in [2.45, 2.75) is 44.4 Å². The Bertz CT molecular complexity index is 1010. The minimum absolute atomic E-state index is 0.0205. The van der Waals surface area contributed by atoms with Crippen LogP contribution in [0.2, 0.25) is 0 Å². The molecule has 0 unspecified atom stereocenters. The molecule has 1 aliphatic rings. The van der Waals surface area contributed by atoms with E-state index in [0.717, 1.165) is 22.3 Å². The highest BCUT2D eigenvalue weighted by Gasteiger charge is 2.31. The zero-order chi connectivity index (χ0) is 25.4. The first-order valence-electron chi connectivity index (χ1n) is 11.6. The highest BCUT2D eigenvalue weighted by atomic mass is 16.7. The number of hydrogen-bond acceptors (Lipinski definition) is 6. The smallest absolute Gasteiger partial charge is 0.449 e. The van der Waals surface area contributed by atoms with Crippen LogP contribution in [-0.2, 0) is 18.9 Å². The number of carbonyl (C=O) groups is 2. The SMILES string of the molecule is C=CCOC(=O)OC[C@@H](NC(=O)OCC1c2ccccc2-c2ccccc21)[C@@H](C=C)OC(C)(C)C. The summed E-state index contributed by atoms with van der Waals surface area (Å²) in [6, 6.07) is 15.5. The van der Waals surface area contributed by atoms with Gasteiger partial charge in [0.25, 0.3) is 0 Å². The first-order chi connectivity index (χ1) is 16.7. The summed E-state index contributed by atoms with van der Waals surface area (Å²) in [4.78, 5) is 24.6. The second kappa shape index (κ2) is 11.7. The molecule has 0 radical (unpaired) electrons. The molecule has 0 aliphatic heterocycles. The molecule has 0 saturated carbocycles. The molecule has 0 bridgehead atoms. The molecule has 7 heteroatoms. The number of fused-ring (bicyclic) bond motifs is 3. The summed E-state index contributed by atoms with van der Waals surface area (Å²) in [5.74, 6) is -0.0715. The number of hydrogen-bond donors (Lipinski definition) is 1. The number of benzene rings is 2. The van der Waals surface area contributed by atoms with Crippen molar-refractivity contribution in [1.29, 1.82) is 0 Å². The summed E-state index contributed by atoms with van der Waals surface area (Å²) in [6.07, 6.45) is 0.830. The lowest BCUT2D eigenvalue weighted by atomic mass is 9.98. The normalized spacial score (nSPS) is 14.1. The molecule has 1 aliphatic carbocycles. The van der Waals surface area contributed by atoms with E-state index >= 15 is 0 Å². The molecule has 2 aromatic rings. The standard InChI is InChI=1S/C28H33NO6/c1-6-16-32-27(31)34-18-24(25(7-2)35-28(3,4)5)29-26(30)33-17-23-21-14-10-8-12-19(21)20-13-9-11-15-22(20)23/h6-15,23-25H,1-2,16-18H2,3-5H3,(H,29,30)/t24-,25-/m1/s1. The third kappa shape index (κ3) is 6.96. The van der Waals surface area contributed by atoms with Gasteiger partial charge in [-0.3, -0.25) is 0 Å². The van der Waals surface area contributed by atoms with Gasteiger partial charge < -0.3 is 24.3 Å². The van der Waals surface area contributed by atoms with Gasteiger partial charge in [0.1, 0.15) is 19.8 Å². The van der Waals surface area contributed by atoms with Crippen molar-refractivity contribution in [2.75, 3.05) is 19.8 Å². The molecule has 3 rings (SSSR count). The molecule has 0 saturated heterocycles. The Hall–Kier alpha value is -3.58. The fraction of sp³-hybridized carbons (Fsp3) is 0.357. The van der Waals surface area contributed by atoms with Crippen LogP contribution in [0.25, 0.3) is 11.1 Å². The van der Waals surface area contributed by atoms with Gasteiger partial charge in [0.15, 0.2) is 0 Å². The van der Waals surface area contributed by atoms with Gasteiger partial charge in [-0.2, -0.15) is 0 Å². The van der Waals surface area contributed by atoms with E-state index in [1.54, 1.807) is 6.08 Å². The summed E-state index contributed by atoms with van der Waals surface area (Å²) < 4.78 is 21.7. The minimum Gasteiger partial charge on any atom is -0.449 e. The van der Waals surface area contributed by atoms with Gasteiger partial charge in [0.05, 0.1) is 17.7 Å². The third-order valence-corrected chi connectivity index (χ3v) is 5.47. The molecule has 0 fully saturated rings. The maximum Gasteiger partial charge on any atom is 0.508 e. The lowest BCUT2D eigenvalue weighted by molar-refractivity contribution is -0.0620. The number of rotatable bonds is 10. The van der Waals surface area contributed by atoms with Gasteiger partial charge in [0, 0.05) is 5.92 Å². The fourth-order valence-electron chi connectivity index (χ4n) is 4.04. The molecule has 1 amide bonds. The van der Waals surface area contributed by atoms with Crippen LogP contribution in [0.1, 0.15) is 37.8 Å². The first-order valence-corrected chi connectivity index (χ1v) is 11.6. The highest BCUT2D eigenvalue weighted by Crippen LogP contribution is 2.44. The third-order valence-electron chi connectivity index (χ3n) is 5.47. The van der Waals surface area contributed by atoms with E-state index in [1.807, 2.05) is 45.0 Å². The minimum atomic E-state index is -0.872. The van der Waals surface area contributed by atoms with Gasteiger partial charge >= 0.3 is 12.2 Å². The zero-order valence-electron chi connectivity index (χ0n) is 20.5. The topological polar surface area (TPSA) is 83.1 Å². The molecular weight excluding hydrogens is 446 g/mol. The van der Waals surface area contributed by atoms with E-state index in [0.29, 0.717) is 0 Å². The number of ether oxygens (including phenoxy) is 4. The second-order valence-corrected chi connectivity index (χ2v) is 9.17. The van der Waals surface area contributed by atoms with Crippen LogP contribution in [0, 0.1) is 0 Å². The van der Waals surface area contributed by atoms with Gasteiger partial charge in [-0.15, -0.1) is 6.58 Å². The summed E-state index contributed by atoms with van der Waals surface area (Å²) in [7, 11) is 0. The fourth-order valence-corrected chi connectivity index (χ4v) is 4.04. The van der Waals surface area contributed by atoms with Crippen molar-refractivity contribution in [3.63, 3.8) is 0 Å². The molecule has 1 N–H and O–H groups in total. The quantitative estimate of drug-likeness (QED) is 0.353. The Labute approximate surface area is 206 Å². The predicted octanol–water partition coefficient (Wildman–Crippen LogP) is 5.60. The van der Waals surface area contributed by atoms with E-state index < -0.39 is 30.0 Å². The van der Waals surface area contributed by atoms with E-state index in [4.69, 9.17) is 18.9 Å². The number of amides is 1. The monoisotopic (exact) mass is 479 g/mol. The van der Waals surface area contributed by atoms with Crippen LogP contribution in [0.3, 0.4) is 0 Å². The zero-order valence-corrected chi connectivity index (χ0v) is 20.5. The Morgan fingerprint density at radius 3 is 2.11 bits per heavy atom. The molecule has 186 valence electrons. The summed E-state index contributed by atoms with van der Waals surface area (Å²) in [6.45, 7) is 12.9. The van der Waals surface area contributed by atoms with E-state index in [9.17, 15) is 9.59 Å². The van der Waals surface area contributed by atoms with Crippen molar-refractivity contribution >= 4 is 12.2 Å². The van der Waals surface area contributed by atoms with E-state index in [2.05, 4.69) is 42.7 Å². The first kappa shape index (κ1) is 26.0. The lowest BCUT2D eigenvalue weighted by Gasteiger charge is -2.31. The van der Waals surface area contributed by atoms with Crippen LogP contribution in [0.15, 0.2) is 73.8 Å². The second-order valence-electron chi connectivity index (χ2n) is 9.17. The summed E-state index contributed by atoms with van der Waals surface area (Å²) >= 11 is 0. The molecule has 0 heterocycles. The van der Waals surface area contributed by atoms with Crippen molar-refractivity contribution in [3.05, 3.63) is 85.0 Å². The Kier molecular flexibility index (Phi) is 8.71. The molecule has 35 heavy (non-hydrogen) atoms. The number of nitrogens with one attached hydrogen (secondary N) is 1. The summed E-state index contributed by atoms with van der Waals surface area (Å²) in [5, 5.41) is 2.76. The van der Waals surface area contributed by atoms with Gasteiger partial charge in [-0.1, -0.05) is 67.3 Å². The molecule has 2 atom stereocenters. The van der Waals surface area contributed by atoms with Crippen LogP contribution in [0.5, 0.6) is 0 Å². The van der Waals surface area contributed by atoms with Crippen LogP contribution in [-0.4, -0.2) is 49.8 Å². The number of alkyl carbamates (subject to hydrolysis) is 1. The van der Waals surface area contributed by atoms with Crippen molar-refractivity contribution in [3.8, 4) is 11.1 Å². The maximum atomic E-state index is 12.8. The molecule has 2 aromatic carbocycles. The number of carbonyl (C=O) groups excluding carboxylic acids is 2. The maximum absolute atomic E-state index is 12.8. The molecular formula is C28H33NO6. The van der Waals surface area contributed by atoms with Crippen molar-refractivity contribution in [1.82, 2.24) is 5.32 Å². The Balaban J connectivity index is 1.68. The van der Waals surface area contributed by atoms with Crippen molar-refractivity contribution < 1.29 is 28.5 Å². The van der Waals surface area contributed by atoms with Gasteiger partial charge in [0.2, 0.25) is 0 Å². The van der Waals surface area contributed by atoms with Crippen LogP contribution in [0.4, 0.5) is 9.59 Å². The Morgan fingerprint density at radius 2 is 1.57 bits per heavy atom. The molecule has 7 nitrogen and oxygen atoms in total. The van der Waals surface area contributed by atoms with Crippen molar-refractivity contribution in [2.24, 2.45) is 0 Å². The lowest BCUT2D eigenvalue weighted by Crippen LogP contribution is -2.49. The van der Waals surface area contributed by atoms with Gasteiger partial charge in [-0.25, -0.2) is 9.59 Å².